The minimum atomic E-state index is -3.60. The van der Waals surface area contributed by atoms with Crippen LogP contribution < -0.4 is 5.32 Å². The van der Waals surface area contributed by atoms with E-state index in [-0.39, 0.29) is 10.7 Å². The monoisotopic (exact) mass is 420 g/mol. The molecule has 0 fully saturated rings. The minimum Gasteiger partial charge on any atom is -0.451 e. The van der Waals surface area contributed by atoms with Crippen molar-refractivity contribution in [3.05, 3.63) is 58.8 Å². The van der Waals surface area contributed by atoms with Gasteiger partial charge in [-0.3, -0.25) is 4.79 Å². The lowest BCUT2D eigenvalue weighted by Crippen LogP contribution is -2.30. The molecule has 1 heterocycles. The van der Waals surface area contributed by atoms with Gasteiger partial charge in [0.1, 0.15) is 5.58 Å². The van der Waals surface area contributed by atoms with Crippen molar-refractivity contribution >= 4 is 44.2 Å². The van der Waals surface area contributed by atoms with Crippen LogP contribution in [0.3, 0.4) is 0 Å². The molecule has 1 aromatic heterocycles. The van der Waals surface area contributed by atoms with Gasteiger partial charge in [0.15, 0.2) is 5.76 Å². The summed E-state index contributed by atoms with van der Waals surface area (Å²) in [5.41, 5.74) is 1.57. The molecule has 0 spiro atoms. The van der Waals surface area contributed by atoms with Crippen LogP contribution in [0.5, 0.6) is 0 Å². The SMILES string of the molecule is CCN(CC)S(=O)(=O)c1ccc2oc(C(=O)Nc3cccc(Cl)c3)c(C)c2c1. The molecule has 148 valence electrons. The zero-order valence-corrected chi connectivity index (χ0v) is 17.4. The molecule has 6 nitrogen and oxygen atoms in total. The predicted octanol–water partition coefficient (Wildman–Crippen LogP) is 4.68. The molecule has 1 amide bonds. The molecule has 0 bridgehead atoms. The van der Waals surface area contributed by atoms with E-state index in [0.717, 1.165) is 0 Å². The Morgan fingerprint density at radius 1 is 1.14 bits per heavy atom. The van der Waals surface area contributed by atoms with Crippen LogP contribution in [0.1, 0.15) is 30.0 Å². The van der Waals surface area contributed by atoms with Crippen molar-refractivity contribution in [1.82, 2.24) is 4.31 Å². The highest BCUT2D eigenvalue weighted by molar-refractivity contribution is 7.89. The molecule has 0 aliphatic rings. The molecule has 0 unspecified atom stereocenters. The smallest absolute Gasteiger partial charge is 0.291 e. The second kappa shape index (κ2) is 7.95. The first-order valence-electron chi connectivity index (χ1n) is 8.88. The Labute approximate surface area is 169 Å². The number of halogens is 1. The predicted molar refractivity (Wildman–Crippen MR) is 110 cm³/mol. The van der Waals surface area contributed by atoms with Gasteiger partial charge in [-0.2, -0.15) is 4.31 Å². The van der Waals surface area contributed by atoms with E-state index in [2.05, 4.69) is 5.32 Å². The lowest BCUT2D eigenvalue weighted by Gasteiger charge is -2.18. The Balaban J connectivity index is 1.98. The van der Waals surface area contributed by atoms with Gasteiger partial charge in [0, 0.05) is 34.7 Å². The van der Waals surface area contributed by atoms with E-state index in [1.165, 1.54) is 10.4 Å². The van der Waals surface area contributed by atoms with Crippen molar-refractivity contribution < 1.29 is 17.6 Å². The van der Waals surface area contributed by atoms with Crippen molar-refractivity contribution in [2.24, 2.45) is 0 Å². The number of carbonyl (C=O) groups is 1. The number of furan rings is 1. The Bertz CT molecular complexity index is 1130. The summed E-state index contributed by atoms with van der Waals surface area (Å²) in [6.45, 7) is 6.08. The van der Waals surface area contributed by atoms with Gasteiger partial charge in [-0.1, -0.05) is 31.5 Å². The number of carbonyl (C=O) groups excluding carboxylic acids is 1. The number of amides is 1. The fourth-order valence-corrected chi connectivity index (χ4v) is 4.72. The molecule has 8 heteroatoms. The quantitative estimate of drug-likeness (QED) is 0.628. The van der Waals surface area contributed by atoms with Gasteiger partial charge in [-0.15, -0.1) is 0 Å². The fraction of sp³-hybridized carbons (Fsp3) is 0.250. The van der Waals surface area contributed by atoms with Crippen LogP contribution in [0.25, 0.3) is 11.0 Å². The highest BCUT2D eigenvalue weighted by Gasteiger charge is 2.24. The van der Waals surface area contributed by atoms with Gasteiger partial charge in [0.25, 0.3) is 5.91 Å². The third-order valence-electron chi connectivity index (χ3n) is 4.54. The minimum absolute atomic E-state index is 0.132. The number of hydrogen-bond acceptors (Lipinski definition) is 4. The number of hydrogen-bond donors (Lipinski definition) is 1. The van der Waals surface area contributed by atoms with Crippen LogP contribution in [0.2, 0.25) is 5.02 Å². The molecule has 0 saturated heterocycles. The second-order valence-corrected chi connectivity index (χ2v) is 8.64. The van der Waals surface area contributed by atoms with Crippen molar-refractivity contribution in [1.29, 1.82) is 0 Å². The van der Waals surface area contributed by atoms with Crippen LogP contribution in [0, 0.1) is 6.92 Å². The number of benzene rings is 2. The van der Waals surface area contributed by atoms with E-state index in [1.807, 2.05) is 0 Å². The lowest BCUT2D eigenvalue weighted by molar-refractivity contribution is 0.0998. The van der Waals surface area contributed by atoms with Crippen molar-refractivity contribution in [3.8, 4) is 0 Å². The molecule has 3 rings (SSSR count). The number of nitrogens with zero attached hydrogens (tertiary/aromatic N) is 1. The first-order valence-corrected chi connectivity index (χ1v) is 10.7. The first kappa shape index (κ1) is 20.4. The summed E-state index contributed by atoms with van der Waals surface area (Å²) in [4.78, 5) is 12.8. The summed E-state index contributed by atoms with van der Waals surface area (Å²) in [5.74, 6) is -0.295. The van der Waals surface area contributed by atoms with Gasteiger partial charge in [-0.05, 0) is 43.3 Å². The molecular formula is C20H21ClN2O4S. The summed E-state index contributed by atoms with van der Waals surface area (Å²) in [6, 6.07) is 11.4. The normalized spacial score (nSPS) is 11.9. The number of aryl methyl sites for hydroxylation is 1. The van der Waals surface area contributed by atoms with Gasteiger partial charge >= 0.3 is 0 Å². The lowest BCUT2D eigenvalue weighted by atomic mass is 10.1. The molecule has 3 aromatic rings. The summed E-state index contributed by atoms with van der Waals surface area (Å²) < 4.78 is 32.6. The topological polar surface area (TPSA) is 79.6 Å². The van der Waals surface area contributed by atoms with E-state index in [9.17, 15) is 13.2 Å². The van der Waals surface area contributed by atoms with Crippen LogP contribution >= 0.6 is 11.6 Å². The van der Waals surface area contributed by atoms with E-state index in [0.29, 0.717) is 40.3 Å². The Hall–Kier alpha value is -2.35. The van der Waals surface area contributed by atoms with E-state index >= 15 is 0 Å². The highest BCUT2D eigenvalue weighted by atomic mass is 35.5. The van der Waals surface area contributed by atoms with Crippen LogP contribution in [0.4, 0.5) is 5.69 Å². The number of nitrogens with one attached hydrogen (secondary N) is 1. The zero-order valence-electron chi connectivity index (χ0n) is 15.8. The number of anilines is 1. The van der Waals surface area contributed by atoms with E-state index in [1.54, 1.807) is 57.2 Å². The maximum absolute atomic E-state index is 12.8. The third-order valence-corrected chi connectivity index (χ3v) is 6.82. The summed E-state index contributed by atoms with van der Waals surface area (Å²) in [6.07, 6.45) is 0. The Kier molecular flexibility index (Phi) is 5.79. The van der Waals surface area contributed by atoms with Crippen molar-refractivity contribution in [3.63, 3.8) is 0 Å². The highest BCUT2D eigenvalue weighted by Crippen LogP contribution is 2.29. The molecule has 0 atom stereocenters. The molecule has 0 saturated carbocycles. The maximum atomic E-state index is 12.8. The summed E-state index contributed by atoms with van der Waals surface area (Å²) in [5, 5.41) is 3.83. The molecule has 0 aliphatic heterocycles. The van der Waals surface area contributed by atoms with E-state index in [4.69, 9.17) is 16.0 Å². The van der Waals surface area contributed by atoms with Crippen molar-refractivity contribution in [2.75, 3.05) is 18.4 Å². The van der Waals surface area contributed by atoms with Crippen molar-refractivity contribution in [2.45, 2.75) is 25.7 Å². The maximum Gasteiger partial charge on any atom is 0.291 e. The standard InChI is InChI=1S/C20H21ClN2O4S/c1-4-23(5-2)28(25,26)16-9-10-18-17(12-16)13(3)19(27-18)20(24)22-15-8-6-7-14(21)11-15/h6-12H,4-5H2,1-3H3,(H,22,24). The van der Waals surface area contributed by atoms with Crippen LogP contribution in [-0.4, -0.2) is 31.7 Å². The first-order chi connectivity index (χ1) is 13.3. The molecule has 2 aromatic carbocycles. The molecular weight excluding hydrogens is 400 g/mol. The van der Waals surface area contributed by atoms with Crippen LogP contribution in [0.15, 0.2) is 51.8 Å². The van der Waals surface area contributed by atoms with Gasteiger partial charge in [0.05, 0.1) is 4.90 Å². The van der Waals surface area contributed by atoms with Crippen LogP contribution in [-0.2, 0) is 10.0 Å². The third kappa shape index (κ3) is 3.78. The average molecular weight is 421 g/mol. The zero-order chi connectivity index (χ0) is 20.5. The average Bonchev–Trinajstić information content (AvgIpc) is 2.99. The molecule has 1 N–H and O–H groups in total. The second-order valence-electron chi connectivity index (χ2n) is 6.27. The molecule has 28 heavy (non-hydrogen) atoms. The Morgan fingerprint density at radius 3 is 2.50 bits per heavy atom. The number of rotatable bonds is 6. The molecule has 0 aliphatic carbocycles. The Morgan fingerprint density at radius 2 is 1.86 bits per heavy atom. The van der Waals surface area contributed by atoms with E-state index < -0.39 is 15.9 Å². The number of sulfonamides is 1. The fourth-order valence-electron chi connectivity index (χ4n) is 3.04. The summed E-state index contributed by atoms with van der Waals surface area (Å²) in [7, 11) is -3.60. The summed E-state index contributed by atoms with van der Waals surface area (Å²) >= 11 is 5.94. The number of fused-ring (bicyclic) bond motifs is 1. The van der Waals surface area contributed by atoms with Gasteiger partial charge in [-0.25, -0.2) is 8.42 Å². The van der Waals surface area contributed by atoms with Gasteiger partial charge in [0.2, 0.25) is 10.0 Å². The largest absolute Gasteiger partial charge is 0.451 e. The molecule has 0 radical (unpaired) electrons. The van der Waals surface area contributed by atoms with Gasteiger partial charge < -0.3 is 9.73 Å².